The lowest BCUT2D eigenvalue weighted by atomic mass is 10.1. The molecule has 20 heavy (non-hydrogen) atoms. The van der Waals surface area contributed by atoms with Gasteiger partial charge in [0.25, 0.3) is 0 Å². The highest BCUT2D eigenvalue weighted by Crippen LogP contribution is 2.17. The molecule has 0 radical (unpaired) electrons. The summed E-state index contributed by atoms with van der Waals surface area (Å²) >= 11 is 3.40. The molecule has 0 saturated carbocycles. The van der Waals surface area contributed by atoms with Crippen LogP contribution in [0, 0.1) is 18.6 Å². The Balaban J connectivity index is 1.86. The molecule has 0 atom stereocenters. The first-order chi connectivity index (χ1) is 9.56. The van der Waals surface area contributed by atoms with Gasteiger partial charge >= 0.3 is 0 Å². The van der Waals surface area contributed by atoms with Gasteiger partial charge in [0.1, 0.15) is 11.6 Å². The zero-order valence-corrected chi connectivity index (χ0v) is 12.8. The predicted molar refractivity (Wildman–Crippen MR) is 80.6 cm³/mol. The van der Waals surface area contributed by atoms with Crippen LogP contribution in [-0.4, -0.2) is 6.54 Å². The summed E-state index contributed by atoms with van der Waals surface area (Å²) in [5, 5.41) is 3.27. The van der Waals surface area contributed by atoms with E-state index in [1.165, 1.54) is 18.2 Å². The van der Waals surface area contributed by atoms with E-state index in [0.717, 1.165) is 34.1 Å². The fourth-order valence-corrected chi connectivity index (χ4v) is 2.45. The molecular formula is C16H16BrF2N. The molecule has 0 saturated heterocycles. The number of hydrogen-bond acceptors (Lipinski definition) is 1. The molecule has 0 aliphatic heterocycles. The molecule has 0 amide bonds. The third-order valence-electron chi connectivity index (χ3n) is 3.20. The number of halogens is 3. The highest BCUT2D eigenvalue weighted by molar-refractivity contribution is 9.10. The van der Waals surface area contributed by atoms with Crippen LogP contribution >= 0.6 is 15.9 Å². The Labute approximate surface area is 126 Å². The van der Waals surface area contributed by atoms with Crippen LogP contribution in [0.25, 0.3) is 0 Å². The second-order valence-electron chi connectivity index (χ2n) is 4.73. The lowest BCUT2D eigenvalue weighted by Gasteiger charge is -2.09. The van der Waals surface area contributed by atoms with E-state index in [4.69, 9.17) is 0 Å². The largest absolute Gasteiger partial charge is 0.312 e. The van der Waals surface area contributed by atoms with Gasteiger partial charge in [-0.25, -0.2) is 8.78 Å². The molecule has 0 fully saturated rings. The molecule has 0 spiro atoms. The molecule has 0 aromatic heterocycles. The number of benzene rings is 2. The van der Waals surface area contributed by atoms with Gasteiger partial charge in [-0.05, 0) is 66.9 Å². The lowest BCUT2D eigenvalue weighted by Crippen LogP contribution is -2.17. The Morgan fingerprint density at radius 3 is 2.45 bits per heavy atom. The maximum absolute atomic E-state index is 13.1. The monoisotopic (exact) mass is 339 g/mol. The van der Waals surface area contributed by atoms with Gasteiger partial charge in [0.05, 0.1) is 0 Å². The van der Waals surface area contributed by atoms with Gasteiger partial charge in [-0.2, -0.15) is 0 Å². The maximum atomic E-state index is 13.1. The Morgan fingerprint density at radius 1 is 1.00 bits per heavy atom. The number of aryl methyl sites for hydroxylation is 1. The average molecular weight is 340 g/mol. The highest BCUT2D eigenvalue weighted by Gasteiger charge is 2.03. The molecule has 0 aliphatic rings. The fraction of sp³-hybridized carbons (Fsp3) is 0.250. The molecule has 0 unspecified atom stereocenters. The van der Waals surface area contributed by atoms with Crippen molar-refractivity contribution in [2.45, 2.75) is 19.9 Å². The summed E-state index contributed by atoms with van der Waals surface area (Å²) in [5.41, 5.74) is 2.97. The smallest absolute Gasteiger partial charge is 0.123 e. The van der Waals surface area contributed by atoms with Gasteiger partial charge in [0, 0.05) is 11.0 Å². The Hall–Kier alpha value is -1.26. The first-order valence-electron chi connectivity index (χ1n) is 6.46. The molecule has 1 N–H and O–H groups in total. The normalized spacial score (nSPS) is 10.8. The minimum atomic E-state index is -0.237. The molecule has 2 aromatic rings. The second-order valence-corrected chi connectivity index (χ2v) is 5.59. The zero-order chi connectivity index (χ0) is 14.5. The Kier molecular flexibility index (Phi) is 5.26. The van der Waals surface area contributed by atoms with Crippen molar-refractivity contribution in [3.05, 3.63) is 69.2 Å². The van der Waals surface area contributed by atoms with Crippen molar-refractivity contribution in [1.29, 1.82) is 0 Å². The minimum absolute atomic E-state index is 0.206. The van der Waals surface area contributed by atoms with Crippen LogP contribution < -0.4 is 5.32 Å². The van der Waals surface area contributed by atoms with Crippen LogP contribution in [0.2, 0.25) is 0 Å². The van der Waals surface area contributed by atoms with Crippen LogP contribution in [-0.2, 0) is 13.0 Å². The average Bonchev–Trinajstić information content (AvgIpc) is 2.40. The maximum Gasteiger partial charge on any atom is 0.123 e. The van der Waals surface area contributed by atoms with Gasteiger partial charge < -0.3 is 5.32 Å². The first-order valence-corrected chi connectivity index (χ1v) is 7.25. The van der Waals surface area contributed by atoms with E-state index < -0.39 is 0 Å². The van der Waals surface area contributed by atoms with Crippen molar-refractivity contribution >= 4 is 15.9 Å². The Bertz CT molecular complexity index is 599. The van der Waals surface area contributed by atoms with Crippen molar-refractivity contribution in [3.8, 4) is 0 Å². The fourth-order valence-electron chi connectivity index (χ4n) is 2.06. The zero-order valence-electron chi connectivity index (χ0n) is 11.2. The van der Waals surface area contributed by atoms with Crippen LogP contribution in [0.15, 0.2) is 40.9 Å². The second kappa shape index (κ2) is 6.95. The van der Waals surface area contributed by atoms with Crippen molar-refractivity contribution in [2.24, 2.45) is 0 Å². The summed E-state index contributed by atoms with van der Waals surface area (Å²) in [5.74, 6) is -0.442. The van der Waals surface area contributed by atoms with E-state index >= 15 is 0 Å². The van der Waals surface area contributed by atoms with Gasteiger partial charge in [-0.3, -0.25) is 0 Å². The standard InChI is InChI=1S/C16H16BrF2N/c1-11-8-14(18)3-2-12(11)6-7-20-10-13-9-15(19)4-5-16(13)17/h2-5,8-9,20H,6-7,10H2,1H3. The molecule has 0 bridgehead atoms. The van der Waals surface area contributed by atoms with Crippen LogP contribution in [0.5, 0.6) is 0 Å². The number of rotatable bonds is 5. The molecule has 2 rings (SSSR count). The Morgan fingerprint density at radius 2 is 1.70 bits per heavy atom. The first kappa shape index (κ1) is 15.1. The van der Waals surface area contributed by atoms with E-state index in [9.17, 15) is 8.78 Å². The third kappa shape index (κ3) is 4.12. The quantitative estimate of drug-likeness (QED) is 0.797. The summed E-state index contributed by atoms with van der Waals surface area (Å²) in [6.45, 7) is 3.26. The molecule has 4 heteroatoms. The van der Waals surface area contributed by atoms with Crippen LogP contribution in [0.4, 0.5) is 8.78 Å². The molecule has 0 aliphatic carbocycles. The van der Waals surface area contributed by atoms with Gasteiger partial charge in [-0.1, -0.05) is 22.0 Å². The van der Waals surface area contributed by atoms with Gasteiger partial charge in [-0.15, -0.1) is 0 Å². The molecule has 106 valence electrons. The number of nitrogens with one attached hydrogen (secondary N) is 1. The van der Waals surface area contributed by atoms with E-state index in [2.05, 4.69) is 21.2 Å². The summed E-state index contributed by atoms with van der Waals surface area (Å²) in [7, 11) is 0. The topological polar surface area (TPSA) is 12.0 Å². The van der Waals surface area contributed by atoms with Crippen LogP contribution in [0.3, 0.4) is 0 Å². The van der Waals surface area contributed by atoms with Gasteiger partial charge in [0.15, 0.2) is 0 Å². The van der Waals surface area contributed by atoms with E-state index in [1.807, 2.05) is 13.0 Å². The predicted octanol–water partition coefficient (Wildman–Crippen LogP) is 4.37. The summed E-state index contributed by atoms with van der Waals surface area (Å²) in [6.07, 6.45) is 0.819. The molecule has 0 heterocycles. The van der Waals surface area contributed by atoms with E-state index in [0.29, 0.717) is 6.54 Å². The highest BCUT2D eigenvalue weighted by atomic mass is 79.9. The molecular weight excluding hydrogens is 324 g/mol. The van der Waals surface area contributed by atoms with Crippen molar-refractivity contribution in [2.75, 3.05) is 6.54 Å². The summed E-state index contributed by atoms with van der Waals surface area (Å²) in [4.78, 5) is 0. The van der Waals surface area contributed by atoms with Crippen molar-refractivity contribution in [3.63, 3.8) is 0 Å². The van der Waals surface area contributed by atoms with E-state index in [1.54, 1.807) is 12.1 Å². The van der Waals surface area contributed by atoms with Crippen molar-refractivity contribution in [1.82, 2.24) is 5.32 Å². The third-order valence-corrected chi connectivity index (χ3v) is 3.97. The SMILES string of the molecule is Cc1cc(F)ccc1CCNCc1cc(F)ccc1Br. The molecule has 1 nitrogen and oxygen atoms in total. The van der Waals surface area contributed by atoms with E-state index in [-0.39, 0.29) is 11.6 Å². The van der Waals surface area contributed by atoms with Crippen LogP contribution in [0.1, 0.15) is 16.7 Å². The molecule has 2 aromatic carbocycles. The van der Waals surface area contributed by atoms with Gasteiger partial charge in [0.2, 0.25) is 0 Å². The summed E-state index contributed by atoms with van der Waals surface area (Å²) < 4.78 is 27.0. The minimum Gasteiger partial charge on any atom is -0.312 e. The number of hydrogen-bond donors (Lipinski definition) is 1. The van der Waals surface area contributed by atoms with Crippen molar-refractivity contribution < 1.29 is 8.78 Å². The lowest BCUT2D eigenvalue weighted by molar-refractivity contribution is 0.618. The summed E-state index contributed by atoms with van der Waals surface area (Å²) in [6, 6.07) is 9.47.